The summed E-state index contributed by atoms with van der Waals surface area (Å²) in [6.07, 6.45) is 0.291. The van der Waals surface area contributed by atoms with Crippen LogP contribution in [0.25, 0.3) is 0 Å². The predicted molar refractivity (Wildman–Crippen MR) is 132 cm³/mol. The Hall–Kier alpha value is -2.96. The number of ether oxygens (including phenoxy) is 1. The lowest BCUT2D eigenvalue weighted by Gasteiger charge is -2.24. The van der Waals surface area contributed by atoms with E-state index in [0.29, 0.717) is 28.3 Å². The molecule has 0 radical (unpaired) electrons. The van der Waals surface area contributed by atoms with Gasteiger partial charge in [-0.2, -0.15) is 0 Å². The average Bonchev–Trinajstić information content (AvgIpc) is 3.50. The summed E-state index contributed by atoms with van der Waals surface area (Å²) in [7, 11) is 0. The third kappa shape index (κ3) is 3.16. The molecule has 1 aliphatic heterocycles. The molecule has 3 aromatic carbocycles. The van der Waals surface area contributed by atoms with Crippen molar-refractivity contribution in [1.82, 2.24) is 5.32 Å². The summed E-state index contributed by atoms with van der Waals surface area (Å²) in [5, 5.41) is 3.41. The number of nitrogens with one attached hydrogen (secondary N) is 1. The molecular weight excluding hydrogens is 518 g/mol. The second kappa shape index (κ2) is 8.36. The smallest absolute Gasteiger partial charge is 0.328 e. The number of Topliss-reactive ketones (excluding diaryl/α,β-unsaturated/α-hetero) is 1. The largest absolute Gasteiger partial charge is 0.425 e. The van der Waals surface area contributed by atoms with E-state index in [1.54, 1.807) is 36.4 Å². The Balaban J connectivity index is 1.62. The van der Waals surface area contributed by atoms with Crippen molar-refractivity contribution >= 4 is 45.2 Å². The van der Waals surface area contributed by atoms with Gasteiger partial charge in [-0.3, -0.25) is 14.4 Å². The Morgan fingerprint density at radius 1 is 1.06 bits per heavy atom. The molecule has 7 heteroatoms. The van der Waals surface area contributed by atoms with Gasteiger partial charge in [-0.15, -0.1) is 0 Å². The number of carbonyl (C=O) groups is 3. The first-order chi connectivity index (χ1) is 16.4. The fourth-order valence-corrected chi connectivity index (χ4v) is 6.01. The maximum Gasteiger partial charge on any atom is 0.328 e. The molecule has 0 saturated heterocycles. The van der Waals surface area contributed by atoms with E-state index in [-0.39, 0.29) is 12.3 Å². The van der Waals surface area contributed by atoms with Crippen LogP contribution in [0.4, 0.5) is 0 Å². The fraction of sp³-hybridized carbons (Fsp3) is 0.222. The quantitative estimate of drug-likeness (QED) is 0.189. The lowest BCUT2D eigenvalue weighted by Crippen LogP contribution is -2.45. The van der Waals surface area contributed by atoms with Crippen molar-refractivity contribution in [1.29, 1.82) is 0 Å². The first-order valence-corrected chi connectivity index (χ1v) is 12.2. The van der Waals surface area contributed by atoms with E-state index in [1.165, 1.54) is 0 Å². The van der Waals surface area contributed by atoms with Crippen LogP contribution in [0, 0.1) is 10.8 Å². The first kappa shape index (κ1) is 22.8. The molecule has 1 saturated carbocycles. The third-order valence-electron chi connectivity index (χ3n) is 7.08. The number of carbonyl (C=O) groups excluding carboxylic acids is 3. The summed E-state index contributed by atoms with van der Waals surface area (Å²) in [5.41, 5.74) is -0.956. The highest BCUT2D eigenvalue weighted by molar-refractivity contribution is 9.10. The number of fused-ring (bicyclic) bond motifs is 3. The zero-order valence-electron chi connectivity index (χ0n) is 18.3. The minimum absolute atomic E-state index is 0.238. The van der Waals surface area contributed by atoms with Crippen molar-refractivity contribution in [2.24, 2.45) is 10.8 Å². The number of halogens is 2. The van der Waals surface area contributed by atoms with Crippen molar-refractivity contribution in [2.45, 2.75) is 25.8 Å². The normalized spacial score (nSPS) is 24.4. The van der Waals surface area contributed by atoms with Crippen molar-refractivity contribution in [3.8, 4) is 5.75 Å². The van der Waals surface area contributed by atoms with E-state index in [4.69, 9.17) is 16.3 Å². The standard InChI is InChI=1S/C27H21BrClNO4/c1-2-26(23(31)17-8-11-19(29)12-9-17)22-20-14-18(28)10-13-21(20)34-25(33)27(22,26)24(32)30-15-16-6-4-3-5-7-16/h3-14,22H,2,15H2,1H3,(H,30,32)/t22-,26-,27+/m1/s1. The van der Waals surface area contributed by atoms with Gasteiger partial charge >= 0.3 is 5.97 Å². The molecule has 1 fully saturated rings. The van der Waals surface area contributed by atoms with Crippen LogP contribution in [0.3, 0.4) is 0 Å². The van der Waals surface area contributed by atoms with Gasteiger partial charge in [0.2, 0.25) is 5.91 Å². The van der Waals surface area contributed by atoms with Gasteiger partial charge in [0.05, 0.1) is 5.41 Å². The Morgan fingerprint density at radius 2 is 1.76 bits per heavy atom. The molecule has 5 nitrogen and oxygen atoms in total. The Morgan fingerprint density at radius 3 is 2.44 bits per heavy atom. The third-order valence-corrected chi connectivity index (χ3v) is 7.82. The molecule has 3 aromatic rings. The van der Waals surface area contributed by atoms with Crippen molar-refractivity contribution < 1.29 is 19.1 Å². The van der Waals surface area contributed by atoms with E-state index in [1.807, 2.05) is 43.3 Å². The lowest BCUT2D eigenvalue weighted by atomic mass is 9.82. The molecule has 0 spiro atoms. The summed E-state index contributed by atoms with van der Waals surface area (Å²) in [6, 6.07) is 21.2. The highest BCUT2D eigenvalue weighted by Gasteiger charge is 2.89. The second-order valence-electron chi connectivity index (χ2n) is 8.64. The van der Waals surface area contributed by atoms with Gasteiger partial charge in [-0.1, -0.05) is 64.8 Å². The van der Waals surface area contributed by atoms with Crippen LogP contribution in [0.15, 0.2) is 77.3 Å². The molecule has 0 unspecified atom stereocenters. The van der Waals surface area contributed by atoms with Crippen LogP contribution in [0.1, 0.15) is 40.7 Å². The lowest BCUT2D eigenvalue weighted by molar-refractivity contribution is -0.149. The van der Waals surface area contributed by atoms with Gasteiger partial charge in [-0.25, -0.2) is 0 Å². The van der Waals surface area contributed by atoms with Gasteiger partial charge in [-0.05, 0) is 54.4 Å². The minimum atomic E-state index is -1.65. The molecule has 5 rings (SSSR count). The van der Waals surface area contributed by atoms with E-state index in [2.05, 4.69) is 21.2 Å². The molecular formula is C27H21BrClNO4. The van der Waals surface area contributed by atoms with Gasteiger partial charge < -0.3 is 10.1 Å². The van der Waals surface area contributed by atoms with Crippen molar-refractivity contribution in [3.05, 3.63) is 99.0 Å². The number of ketones is 1. The summed E-state index contributed by atoms with van der Waals surface area (Å²) < 4.78 is 6.46. The second-order valence-corrected chi connectivity index (χ2v) is 9.99. The van der Waals surface area contributed by atoms with Gasteiger partial charge in [0.1, 0.15) is 5.75 Å². The number of amides is 1. The van der Waals surface area contributed by atoms with Crippen LogP contribution in [0.2, 0.25) is 5.02 Å². The Bertz CT molecular complexity index is 1310. The molecule has 1 aliphatic carbocycles. The zero-order valence-corrected chi connectivity index (χ0v) is 20.7. The zero-order chi connectivity index (χ0) is 24.1. The van der Waals surface area contributed by atoms with E-state index in [9.17, 15) is 14.4 Å². The summed E-state index contributed by atoms with van der Waals surface area (Å²) in [4.78, 5) is 41.4. The number of benzene rings is 3. The van der Waals surface area contributed by atoms with Crippen LogP contribution < -0.4 is 10.1 Å². The molecule has 2 aliphatic rings. The van der Waals surface area contributed by atoms with Gasteiger partial charge in [0.25, 0.3) is 0 Å². The van der Waals surface area contributed by atoms with E-state index < -0.39 is 28.6 Å². The van der Waals surface area contributed by atoms with E-state index >= 15 is 0 Å². The molecule has 34 heavy (non-hydrogen) atoms. The monoisotopic (exact) mass is 537 g/mol. The molecule has 0 bridgehead atoms. The molecule has 172 valence electrons. The van der Waals surface area contributed by atoms with Gasteiger partial charge in [0.15, 0.2) is 11.2 Å². The molecule has 1 N–H and O–H groups in total. The fourth-order valence-electron chi connectivity index (χ4n) is 5.51. The predicted octanol–water partition coefficient (Wildman–Crippen LogP) is 5.70. The summed E-state index contributed by atoms with van der Waals surface area (Å²) >= 11 is 9.51. The number of esters is 1. The summed E-state index contributed by atoms with van der Waals surface area (Å²) in [6.45, 7) is 2.07. The van der Waals surface area contributed by atoms with Crippen LogP contribution >= 0.6 is 27.5 Å². The SMILES string of the molecule is CC[C@]1(C(=O)c2ccc(Cl)cc2)[C@H]2c3cc(Br)ccc3OC(=O)[C@@]21C(=O)NCc1ccccc1. The van der Waals surface area contributed by atoms with Crippen molar-refractivity contribution in [2.75, 3.05) is 0 Å². The maximum absolute atomic E-state index is 14.0. The Kier molecular flexibility index (Phi) is 5.61. The molecule has 0 aromatic heterocycles. The van der Waals surface area contributed by atoms with Crippen LogP contribution in [-0.2, 0) is 16.1 Å². The number of hydrogen-bond acceptors (Lipinski definition) is 4. The van der Waals surface area contributed by atoms with Crippen LogP contribution in [-0.4, -0.2) is 17.7 Å². The maximum atomic E-state index is 14.0. The number of rotatable bonds is 6. The minimum Gasteiger partial charge on any atom is -0.425 e. The number of hydrogen-bond donors (Lipinski definition) is 1. The highest BCUT2D eigenvalue weighted by atomic mass is 79.9. The Labute approximate surface area is 210 Å². The molecule has 3 atom stereocenters. The van der Waals surface area contributed by atoms with E-state index in [0.717, 1.165) is 10.0 Å². The first-order valence-electron chi connectivity index (χ1n) is 11.0. The van der Waals surface area contributed by atoms with Gasteiger partial charge in [0, 0.05) is 33.1 Å². The average molecular weight is 539 g/mol. The topological polar surface area (TPSA) is 72.5 Å². The van der Waals surface area contributed by atoms with Crippen molar-refractivity contribution in [3.63, 3.8) is 0 Å². The van der Waals surface area contributed by atoms with Crippen LogP contribution in [0.5, 0.6) is 5.75 Å². The molecule has 1 amide bonds. The highest BCUT2D eigenvalue weighted by Crippen LogP contribution is 2.80. The summed E-state index contributed by atoms with van der Waals surface area (Å²) in [5.74, 6) is -1.72. The molecule has 1 heterocycles.